The van der Waals surface area contributed by atoms with Crippen LogP contribution in [0.25, 0.3) is 0 Å². The van der Waals surface area contributed by atoms with Crippen LogP contribution in [0.1, 0.15) is 5.56 Å². The van der Waals surface area contributed by atoms with Crippen molar-refractivity contribution in [1.29, 1.82) is 0 Å². The fourth-order valence-corrected chi connectivity index (χ4v) is 8.26. The van der Waals surface area contributed by atoms with Gasteiger partial charge in [-0.3, -0.25) is 0 Å². The monoisotopic (exact) mass is 466 g/mol. The number of hydrogen-bond donors (Lipinski definition) is 0. The van der Waals surface area contributed by atoms with E-state index < -0.39 is 19.4 Å². The molecule has 0 aliphatic carbocycles. The molecule has 0 bridgehead atoms. The van der Waals surface area contributed by atoms with Crippen molar-refractivity contribution in [2.24, 2.45) is 0 Å². The van der Waals surface area contributed by atoms with Gasteiger partial charge in [0.1, 0.15) is 34.4 Å². The lowest BCUT2D eigenvalue weighted by Gasteiger charge is -2.28. The van der Waals surface area contributed by atoms with Crippen LogP contribution >= 0.6 is 7.26 Å². The number of aliphatic carboxylic acids is 1. The van der Waals surface area contributed by atoms with Gasteiger partial charge in [0.2, 0.25) is 0 Å². The molecule has 0 saturated heterocycles. The van der Waals surface area contributed by atoms with Crippen LogP contribution in [-0.2, 0) is 4.79 Å². The molecular formula is C27H22F3O2P. The third-order valence-corrected chi connectivity index (χ3v) is 9.58. The van der Waals surface area contributed by atoms with E-state index in [9.17, 15) is 13.2 Å². The number of alkyl halides is 3. The molecule has 0 aromatic heterocycles. The molecule has 4 aromatic carbocycles. The average molecular weight is 466 g/mol. The van der Waals surface area contributed by atoms with Crippen molar-refractivity contribution in [3.8, 4) is 0 Å². The van der Waals surface area contributed by atoms with Gasteiger partial charge in [0.25, 0.3) is 0 Å². The van der Waals surface area contributed by atoms with Crippen LogP contribution in [0.15, 0.2) is 115 Å². The molecular weight excluding hydrogens is 444 g/mol. The number of carbonyl (C=O) groups excluding carboxylic acids is 1. The topological polar surface area (TPSA) is 40.1 Å². The molecule has 0 fully saturated rings. The van der Waals surface area contributed by atoms with Gasteiger partial charge in [-0.15, -0.1) is 0 Å². The summed E-state index contributed by atoms with van der Waals surface area (Å²) < 4.78 is 31.5. The van der Waals surface area contributed by atoms with Crippen LogP contribution in [0.3, 0.4) is 0 Å². The Morgan fingerprint density at radius 3 is 1.24 bits per heavy atom. The first-order valence-corrected chi connectivity index (χ1v) is 12.0. The molecule has 0 aliphatic rings. The Kier molecular flexibility index (Phi) is 7.67. The van der Waals surface area contributed by atoms with Crippen molar-refractivity contribution in [2.45, 2.75) is 13.1 Å². The number of halogens is 3. The summed E-state index contributed by atoms with van der Waals surface area (Å²) in [5.74, 6) is -3.01. The van der Waals surface area contributed by atoms with Gasteiger partial charge in [-0.25, -0.2) is 0 Å². The highest BCUT2D eigenvalue weighted by Crippen LogP contribution is 2.54. The standard InChI is InChI=1S/C25H22P.C2HF3O2/c1-21-13-11-12-20-25(21)26(22-14-5-2-6-15-22,23-16-7-3-8-17-23)24-18-9-4-10-19-24;3-2(4,5)1(6)7/h2-20H,1H3;(H,6,7)/q+1;/p-1. The fraction of sp³-hybridized carbons (Fsp3) is 0.0741. The predicted octanol–water partition coefficient (Wildman–Crippen LogP) is 3.91. The Balaban J connectivity index is 0.000000383. The quantitative estimate of drug-likeness (QED) is 0.428. The molecule has 0 unspecified atom stereocenters. The normalized spacial score (nSPS) is 11.3. The summed E-state index contributed by atoms with van der Waals surface area (Å²) in [6.45, 7) is 2.24. The van der Waals surface area contributed by atoms with Gasteiger partial charge < -0.3 is 9.90 Å². The van der Waals surface area contributed by atoms with Crippen LogP contribution in [0.5, 0.6) is 0 Å². The van der Waals surface area contributed by atoms with E-state index in [-0.39, 0.29) is 0 Å². The smallest absolute Gasteiger partial charge is 0.430 e. The van der Waals surface area contributed by atoms with E-state index in [1.165, 1.54) is 26.8 Å². The van der Waals surface area contributed by atoms with Gasteiger partial charge in [0, 0.05) is 0 Å². The Hall–Kier alpha value is -3.43. The van der Waals surface area contributed by atoms with E-state index in [2.05, 4.69) is 122 Å². The summed E-state index contributed by atoms with van der Waals surface area (Å²) in [5.41, 5.74) is 1.34. The van der Waals surface area contributed by atoms with Crippen LogP contribution in [0.2, 0.25) is 0 Å². The van der Waals surface area contributed by atoms with Gasteiger partial charge in [-0.1, -0.05) is 72.8 Å². The molecule has 4 aromatic rings. The third kappa shape index (κ3) is 5.32. The number of carboxylic acids is 1. The third-order valence-electron chi connectivity index (χ3n) is 5.14. The van der Waals surface area contributed by atoms with Crippen LogP contribution in [0.4, 0.5) is 13.2 Å². The number of benzene rings is 4. The molecule has 6 heteroatoms. The maximum Gasteiger partial charge on any atom is 0.430 e. The zero-order valence-corrected chi connectivity index (χ0v) is 18.8. The van der Waals surface area contributed by atoms with E-state index >= 15 is 0 Å². The van der Waals surface area contributed by atoms with Crippen LogP contribution < -0.4 is 26.3 Å². The molecule has 0 N–H and O–H groups in total. The van der Waals surface area contributed by atoms with E-state index in [1.54, 1.807) is 0 Å². The fourth-order valence-electron chi connectivity index (χ4n) is 3.76. The molecule has 4 rings (SSSR count). The first-order valence-electron chi connectivity index (χ1n) is 10.2. The lowest BCUT2D eigenvalue weighted by atomic mass is 10.2. The summed E-state index contributed by atoms with van der Waals surface area (Å²) in [6.07, 6.45) is -5.19. The summed E-state index contributed by atoms with van der Waals surface area (Å²) in [7, 11) is -1.94. The number of aryl methyl sites for hydroxylation is 1. The van der Waals surface area contributed by atoms with Gasteiger partial charge in [-0.2, -0.15) is 13.2 Å². The molecule has 2 nitrogen and oxygen atoms in total. The molecule has 0 aliphatic heterocycles. The lowest BCUT2D eigenvalue weighted by molar-refractivity contribution is -0.344. The molecule has 0 amide bonds. The molecule has 0 atom stereocenters. The summed E-state index contributed by atoms with van der Waals surface area (Å²) in [5, 5.41) is 14.4. The zero-order valence-electron chi connectivity index (χ0n) is 17.9. The largest absolute Gasteiger partial charge is 0.542 e. The zero-order chi connectivity index (χ0) is 23.9. The first-order chi connectivity index (χ1) is 15.8. The Bertz CT molecular complexity index is 1080. The first kappa shape index (κ1) is 24.2. The molecule has 0 radical (unpaired) electrons. The van der Waals surface area contributed by atoms with Crippen LogP contribution in [-0.4, -0.2) is 12.1 Å². The number of rotatable bonds is 4. The highest BCUT2D eigenvalue weighted by Gasteiger charge is 2.48. The minimum Gasteiger partial charge on any atom is -0.542 e. The average Bonchev–Trinajstić information content (AvgIpc) is 2.83. The molecule has 168 valence electrons. The minimum absolute atomic E-state index is 1.34. The Morgan fingerprint density at radius 1 is 0.636 bits per heavy atom. The van der Waals surface area contributed by atoms with Crippen molar-refractivity contribution < 1.29 is 23.1 Å². The lowest BCUT2D eigenvalue weighted by Crippen LogP contribution is -2.39. The SMILES string of the molecule is Cc1ccccc1[P+](c1ccccc1)(c1ccccc1)c1ccccc1.O=C([O-])C(F)(F)F. The highest BCUT2D eigenvalue weighted by atomic mass is 31.2. The molecule has 33 heavy (non-hydrogen) atoms. The second kappa shape index (κ2) is 10.5. The van der Waals surface area contributed by atoms with Gasteiger partial charge >= 0.3 is 6.18 Å². The van der Waals surface area contributed by atoms with Gasteiger partial charge in [0.05, 0.1) is 0 Å². The summed E-state index contributed by atoms with van der Waals surface area (Å²) in [6, 6.07) is 41.9. The predicted molar refractivity (Wildman–Crippen MR) is 127 cm³/mol. The van der Waals surface area contributed by atoms with Gasteiger partial charge in [-0.05, 0) is 55.0 Å². The summed E-state index contributed by atoms with van der Waals surface area (Å²) >= 11 is 0. The Labute approximate surface area is 191 Å². The minimum atomic E-state index is -5.19. The number of carbonyl (C=O) groups is 1. The highest BCUT2D eigenvalue weighted by molar-refractivity contribution is 8.01. The molecule has 0 spiro atoms. The molecule has 0 heterocycles. The van der Waals surface area contributed by atoms with E-state index in [0.717, 1.165) is 0 Å². The van der Waals surface area contributed by atoms with Crippen LogP contribution in [0, 0.1) is 6.92 Å². The van der Waals surface area contributed by atoms with Crippen molar-refractivity contribution in [2.75, 3.05) is 0 Å². The summed E-state index contributed by atoms with van der Waals surface area (Å²) in [4.78, 5) is 8.78. The second-order valence-corrected chi connectivity index (χ2v) is 10.6. The Morgan fingerprint density at radius 2 is 0.939 bits per heavy atom. The molecule has 0 saturated carbocycles. The van der Waals surface area contributed by atoms with Crippen molar-refractivity contribution >= 4 is 34.4 Å². The van der Waals surface area contributed by atoms with E-state index in [0.29, 0.717) is 0 Å². The van der Waals surface area contributed by atoms with Crippen molar-refractivity contribution in [1.82, 2.24) is 0 Å². The van der Waals surface area contributed by atoms with Crippen molar-refractivity contribution in [3.63, 3.8) is 0 Å². The van der Waals surface area contributed by atoms with Crippen molar-refractivity contribution in [3.05, 3.63) is 121 Å². The van der Waals surface area contributed by atoms with E-state index in [1.807, 2.05) is 0 Å². The second-order valence-electron chi connectivity index (χ2n) is 7.25. The maximum absolute atomic E-state index is 10.5. The maximum atomic E-state index is 10.5. The number of carboxylic acid groups (broad SMARTS) is 1. The van der Waals surface area contributed by atoms with Gasteiger partial charge in [0.15, 0.2) is 0 Å². The number of hydrogen-bond acceptors (Lipinski definition) is 2. The van der Waals surface area contributed by atoms with E-state index in [4.69, 9.17) is 9.90 Å².